The van der Waals surface area contributed by atoms with E-state index < -0.39 is 0 Å². The van der Waals surface area contributed by atoms with Gasteiger partial charge in [0.25, 0.3) is 0 Å². The van der Waals surface area contributed by atoms with E-state index in [4.69, 9.17) is 24.2 Å². The second kappa shape index (κ2) is 8.00. The lowest BCUT2D eigenvalue weighted by Gasteiger charge is -2.25. The lowest BCUT2D eigenvalue weighted by molar-refractivity contribution is 0.0330. The van der Waals surface area contributed by atoms with E-state index in [9.17, 15) is 0 Å². The minimum absolute atomic E-state index is 0.598. The molecule has 8 heteroatoms. The number of thiophene rings is 1. The Morgan fingerprint density at radius 1 is 1.00 bits per heavy atom. The normalized spacial score (nSPS) is 18.7. The van der Waals surface area contributed by atoms with Gasteiger partial charge in [0, 0.05) is 28.2 Å². The molecule has 3 aliphatic rings. The molecule has 156 valence electrons. The highest BCUT2D eigenvalue weighted by molar-refractivity contribution is 7.99. The Hall–Kier alpha value is -1.87. The molecular formula is C22H23N3O3S2. The number of benzene rings is 1. The van der Waals surface area contributed by atoms with Crippen molar-refractivity contribution in [1.29, 1.82) is 0 Å². The third-order valence-corrected chi connectivity index (χ3v) is 7.94. The molecule has 3 aromatic rings. The molecular weight excluding hydrogens is 418 g/mol. The van der Waals surface area contributed by atoms with E-state index in [1.807, 2.05) is 17.4 Å². The fourth-order valence-corrected chi connectivity index (χ4v) is 6.65. The molecule has 1 aliphatic carbocycles. The molecule has 6 rings (SSSR count). The highest BCUT2D eigenvalue weighted by Gasteiger charge is 2.24. The molecule has 4 heterocycles. The van der Waals surface area contributed by atoms with Crippen molar-refractivity contribution < 1.29 is 14.2 Å². The Kier molecular flexibility index (Phi) is 5.03. The van der Waals surface area contributed by atoms with Crippen LogP contribution in [0.25, 0.3) is 10.2 Å². The van der Waals surface area contributed by atoms with E-state index in [1.165, 1.54) is 28.7 Å². The molecule has 0 amide bonds. The highest BCUT2D eigenvalue weighted by atomic mass is 32.2. The van der Waals surface area contributed by atoms with Crippen LogP contribution in [0.4, 0.5) is 0 Å². The van der Waals surface area contributed by atoms with Crippen molar-refractivity contribution in [1.82, 2.24) is 14.9 Å². The molecule has 30 heavy (non-hydrogen) atoms. The van der Waals surface area contributed by atoms with Gasteiger partial charge in [-0.15, -0.1) is 11.3 Å². The number of rotatable bonds is 4. The lowest BCUT2D eigenvalue weighted by Crippen LogP contribution is -2.36. The second-order valence-electron chi connectivity index (χ2n) is 7.78. The number of aromatic nitrogens is 2. The van der Waals surface area contributed by atoms with Gasteiger partial charge in [-0.25, -0.2) is 9.97 Å². The summed E-state index contributed by atoms with van der Waals surface area (Å²) in [5.41, 5.74) is 1.47. The van der Waals surface area contributed by atoms with Crippen molar-refractivity contribution >= 4 is 33.3 Å². The Balaban J connectivity index is 1.38. The summed E-state index contributed by atoms with van der Waals surface area (Å²) in [4.78, 5) is 16.2. The van der Waals surface area contributed by atoms with Crippen molar-refractivity contribution in [3.8, 4) is 11.5 Å². The SMILES string of the molecule is c1cc2c(cc1Sc1nc(CN3CCOCC3)nc3sc4c(c13)CCC4)OCCO2. The number of aryl methyl sites for hydroxylation is 2. The zero-order chi connectivity index (χ0) is 19.9. The lowest BCUT2D eigenvalue weighted by atomic mass is 10.2. The van der Waals surface area contributed by atoms with Crippen molar-refractivity contribution in [2.24, 2.45) is 0 Å². The van der Waals surface area contributed by atoms with Gasteiger partial charge in [-0.05, 0) is 43.0 Å². The van der Waals surface area contributed by atoms with Crippen LogP contribution in [0.2, 0.25) is 0 Å². The Labute approximate surface area is 183 Å². The number of ether oxygens (including phenoxy) is 3. The summed E-state index contributed by atoms with van der Waals surface area (Å²) in [6, 6.07) is 6.17. The molecule has 1 saturated heterocycles. The Morgan fingerprint density at radius 3 is 2.77 bits per heavy atom. The maximum atomic E-state index is 5.79. The zero-order valence-electron chi connectivity index (χ0n) is 16.7. The minimum Gasteiger partial charge on any atom is -0.486 e. The van der Waals surface area contributed by atoms with Gasteiger partial charge in [-0.1, -0.05) is 11.8 Å². The van der Waals surface area contributed by atoms with Gasteiger partial charge in [-0.3, -0.25) is 4.90 Å². The van der Waals surface area contributed by atoms with Gasteiger partial charge < -0.3 is 14.2 Å². The largest absolute Gasteiger partial charge is 0.486 e. The molecule has 0 atom stereocenters. The van der Waals surface area contributed by atoms with Gasteiger partial charge in [0.1, 0.15) is 28.9 Å². The van der Waals surface area contributed by atoms with Crippen LogP contribution in [-0.2, 0) is 24.1 Å². The summed E-state index contributed by atoms with van der Waals surface area (Å²) in [7, 11) is 0. The topological polar surface area (TPSA) is 56.7 Å². The summed E-state index contributed by atoms with van der Waals surface area (Å²) in [5.74, 6) is 2.55. The number of fused-ring (bicyclic) bond motifs is 4. The third-order valence-electron chi connectivity index (χ3n) is 5.77. The summed E-state index contributed by atoms with van der Waals surface area (Å²) >= 11 is 3.57. The Morgan fingerprint density at radius 2 is 1.87 bits per heavy atom. The van der Waals surface area contributed by atoms with Gasteiger partial charge in [-0.2, -0.15) is 0 Å². The molecule has 0 N–H and O–H groups in total. The predicted octanol–water partition coefficient (Wildman–Crippen LogP) is 3.93. The summed E-state index contributed by atoms with van der Waals surface area (Å²) in [5, 5.41) is 2.33. The van der Waals surface area contributed by atoms with Gasteiger partial charge in [0.15, 0.2) is 11.5 Å². The van der Waals surface area contributed by atoms with Crippen molar-refractivity contribution in [2.75, 3.05) is 39.5 Å². The van der Waals surface area contributed by atoms with Crippen LogP contribution in [-0.4, -0.2) is 54.4 Å². The first-order valence-corrected chi connectivity index (χ1v) is 12.2. The van der Waals surface area contributed by atoms with Crippen LogP contribution >= 0.6 is 23.1 Å². The molecule has 2 aliphatic heterocycles. The number of hydrogen-bond donors (Lipinski definition) is 0. The van der Waals surface area contributed by atoms with Crippen LogP contribution in [0.5, 0.6) is 11.5 Å². The van der Waals surface area contributed by atoms with Crippen LogP contribution < -0.4 is 9.47 Å². The fourth-order valence-electron chi connectivity index (χ4n) is 4.31. The molecule has 0 bridgehead atoms. The molecule has 1 fully saturated rings. The van der Waals surface area contributed by atoms with Crippen LogP contribution in [0.15, 0.2) is 28.1 Å². The van der Waals surface area contributed by atoms with E-state index in [2.05, 4.69) is 17.0 Å². The third kappa shape index (κ3) is 3.56. The average Bonchev–Trinajstić information content (AvgIpc) is 3.35. The second-order valence-corrected chi connectivity index (χ2v) is 9.92. The van der Waals surface area contributed by atoms with Gasteiger partial charge >= 0.3 is 0 Å². The summed E-state index contributed by atoms with van der Waals surface area (Å²) in [6.07, 6.45) is 3.54. The number of nitrogens with zero attached hydrogens (tertiary/aromatic N) is 3. The first kappa shape index (κ1) is 18.9. The standard InChI is InChI=1S/C22H23N3O3S2/c1-2-15-18(3-1)30-22-20(15)21(23-19(24-22)13-25-6-8-26-9-7-25)29-14-4-5-16-17(12-14)28-11-10-27-16/h4-5,12H,1-3,6-11,13H2. The highest BCUT2D eigenvalue weighted by Crippen LogP contribution is 2.43. The van der Waals surface area contributed by atoms with E-state index in [0.717, 1.165) is 71.3 Å². The summed E-state index contributed by atoms with van der Waals surface area (Å²) < 4.78 is 17.0. The van der Waals surface area contributed by atoms with Crippen LogP contribution in [0.1, 0.15) is 22.7 Å². The number of hydrogen-bond acceptors (Lipinski definition) is 8. The van der Waals surface area contributed by atoms with E-state index in [-0.39, 0.29) is 0 Å². The van der Waals surface area contributed by atoms with Crippen LogP contribution in [0, 0.1) is 0 Å². The maximum absolute atomic E-state index is 5.79. The smallest absolute Gasteiger partial charge is 0.162 e. The molecule has 6 nitrogen and oxygen atoms in total. The first-order chi connectivity index (χ1) is 14.8. The van der Waals surface area contributed by atoms with E-state index in [1.54, 1.807) is 11.8 Å². The zero-order valence-corrected chi connectivity index (χ0v) is 18.3. The molecule has 1 aromatic carbocycles. The average molecular weight is 442 g/mol. The maximum Gasteiger partial charge on any atom is 0.162 e. The summed E-state index contributed by atoms with van der Waals surface area (Å²) in [6.45, 7) is 5.43. The molecule has 0 radical (unpaired) electrons. The predicted molar refractivity (Wildman–Crippen MR) is 117 cm³/mol. The monoisotopic (exact) mass is 441 g/mol. The molecule has 0 spiro atoms. The molecule has 0 unspecified atom stereocenters. The number of morpholine rings is 1. The van der Waals surface area contributed by atoms with Crippen molar-refractivity contribution in [3.63, 3.8) is 0 Å². The minimum atomic E-state index is 0.598. The van der Waals surface area contributed by atoms with Crippen molar-refractivity contribution in [2.45, 2.75) is 35.7 Å². The fraction of sp³-hybridized carbons (Fsp3) is 0.455. The Bertz CT molecular complexity index is 1090. The van der Waals surface area contributed by atoms with Gasteiger partial charge in [0.2, 0.25) is 0 Å². The quantitative estimate of drug-likeness (QED) is 0.569. The van der Waals surface area contributed by atoms with Gasteiger partial charge in [0.05, 0.1) is 19.8 Å². The van der Waals surface area contributed by atoms with Crippen molar-refractivity contribution in [3.05, 3.63) is 34.5 Å². The molecule has 0 saturated carbocycles. The molecule has 2 aromatic heterocycles. The van der Waals surface area contributed by atoms with E-state index >= 15 is 0 Å². The first-order valence-electron chi connectivity index (χ1n) is 10.5. The van der Waals surface area contributed by atoms with Crippen LogP contribution in [0.3, 0.4) is 0 Å². The van der Waals surface area contributed by atoms with E-state index in [0.29, 0.717) is 13.2 Å².